The standard InChI is InChI=1S/C14H8FN3O4/c15-10-4-5-13(12(7-10)18(19)20)22-11-3-1-2-9(6-11)14-17-16-8-21-14/h1-8H. The maximum Gasteiger partial charge on any atom is 0.314 e. The maximum absolute atomic E-state index is 13.1. The molecule has 0 saturated carbocycles. The van der Waals surface area contributed by atoms with Crippen molar-refractivity contribution in [1.82, 2.24) is 10.2 Å². The molecule has 0 fully saturated rings. The van der Waals surface area contributed by atoms with E-state index in [9.17, 15) is 14.5 Å². The van der Waals surface area contributed by atoms with Crippen LogP contribution in [0.25, 0.3) is 11.5 Å². The van der Waals surface area contributed by atoms with Gasteiger partial charge in [0.1, 0.15) is 11.6 Å². The van der Waals surface area contributed by atoms with Gasteiger partial charge in [0.2, 0.25) is 18.0 Å². The summed E-state index contributed by atoms with van der Waals surface area (Å²) in [4.78, 5) is 10.2. The lowest BCUT2D eigenvalue weighted by molar-refractivity contribution is -0.385. The van der Waals surface area contributed by atoms with Crippen molar-refractivity contribution < 1.29 is 18.5 Å². The normalized spacial score (nSPS) is 10.4. The molecule has 3 aromatic rings. The van der Waals surface area contributed by atoms with E-state index >= 15 is 0 Å². The average Bonchev–Trinajstić information content (AvgIpc) is 3.03. The molecule has 1 heterocycles. The molecule has 1 aromatic heterocycles. The molecule has 8 heteroatoms. The minimum atomic E-state index is -0.710. The first-order valence-electron chi connectivity index (χ1n) is 6.12. The summed E-state index contributed by atoms with van der Waals surface area (Å²) in [6, 6.07) is 9.67. The Morgan fingerprint density at radius 1 is 1.23 bits per heavy atom. The van der Waals surface area contributed by atoms with Crippen LogP contribution in [0.4, 0.5) is 10.1 Å². The van der Waals surface area contributed by atoms with E-state index < -0.39 is 16.4 Å². The molecule has 0 aliphatic rings. The van der Waals surface area contributed by atoms with Crippen molar-refractivity contribution in [3.8, 4) is 23.0 Å². The summed E-state index contributed by atoms with van der Waals surface area (Å²) in [6.45, 7) is 0. The highest BCUT2D eigenvalue weighted by molar-refractivity contribution is 5.56. The summed E-state index contributed by atoms with van der Waals surface area (Å²) >= 11 is 0. The summed E-state index contributed by atoms with van der Waals surface area (Å²) in [5.74, 6) is -0.155. The lowest BCUT2D eigenvalue weighted by Crippen LogP contribution is -1.94. The topological polar surface area (TPSA) is 91.3 Å². The Hall–Kier alpha value is -3.29. The second kappa shape index (κ2) is 5.60. The lowest BCUT2D eigenvalue weighted by atomic mass is 10.2. The second-order valence-corrected chi connectivity index (χ2v) is 4.24. The van der Waals surface area contributed by atoms with Crippen molar-refractivity contribution in [3.63, 3.8) is 0 Å². The molecule has 0 bridgehead atoms. The number of nitrogens with zero attached hydrogens (tertiary/aromatic N) is 3. The van der Waals surface area contributed by atoms with Crippen molar-refractivity contribution >= 4 is 5.69 Å². The smallest absolute Gasteiger partial charge is 0.314 e. The van der Waals surface area contributed by atoms with Gasteiger partial charge >= 0.3 is 5.69 Å². The van der Waals surface area contributed by atoms with Gasteiger partial charge in [-0.3, -0.25) is 10.1 Å². The summed E-state index contributed by atoms with van der Waals surface area (Å²) in [5, 5.41) is 18.3. The van der Waals surface area contributed by atoms with Crippen LogP contribution in [-0.2, 0) is 0 Å². The van der Waals surface area contributed by atoms with Crippen molar-refractivity contribution in [2.45, 2.75) is 0 Å². The molecule has 0 spiro atoms. The fourth-order valence-corrected chi connectivity index (χ4v) is 1.84. The summed E-state index contributed by atoms with van der Waals surface area (Å²) in [5.41, 5.74) is 0.142. The Kier molecular flexibility index (Phi) is 3.48. The summed E-state index contributed by atoms with van der Waals surface area (Å²) in [6.07, 6.45) is 1.19. The van der Waals surface area contributed by atoms with E-state index in [2.05, 4.69) is 10.2 Å². The number of benzene rings is 2. The summed E-state index contributed by atoms with van der Waals surface area (Å²) < 4.78 is 23.6. The third kappa shape index (κ3) is 2.75. The second-order valence-electron chi connectivity index (χ2n) is 4.24. The van der Waals surface area contributed by atoms with Gasteiger partial charge < -0.3 is 9.15 Å². The Morgan fingerprint density at radius 2 is 2.09 bits per heavy atom. The number of halogens is 1. The van der Waals surface area contributed by atoms with Crippen LogP contribution in [0.15, 0.2) is 53.3 Å². The van der Waals surface area contributed by atoms with Crippen molar-refractivity contribution in [2.75, 3.05) is 0 Å². The minimum Gasteiger partial charge on any atom is -0.450 e. The summed E-state index contributed by atoms with van der Waals surface area (Å²) in [7, 11) is 0. The van der Waals surface area contributed by atoms with Gasteiger partial charge in [-0.15, -0.1) is 10.2 Å². The van der Waals surface area contributed by atoms with Crippen LogP contribution in [0.1, 0.15) is 0 Å². The number of aromatic nitrogens is 2. The van der Waals surface area contributed by atoms with Gasteiger partial charge in [-0.25, -0.2) is 4.39 Å². The number of rotatable bonds is 4. The zero-order valence-corrected chi connectivity index (χ0v) is 11.0. The number of hydrogen-bond acceptors (Lipinski definition) is 6. The van der Waals surface area contributed by atoms with E-state index in [1.807, 2.05) is 0 Å². The van der Waals surface area contributed by atoms with Crippen LogP contribution in [0.3, 0.4) is 0 Å². The first-order valence-corrected chi connectivity index (χ1v) is 6.12. The molecule has 0 radical (unpaired) electrons. The number of ether oxygens (including phenoxy) is 1. The van der Waals surface area contributed by atoms with E-state index in [4.69, 9.17) is 9.15 Å². The van der Waals surface area contributed by atoms with Crippen LogP contribution in [-0.4, -0.2) is 15.1 Å². The van der Waals surface area contributed by atoms with Crippen molar-refractivity contribution in [1.29, 1.82) is 0 Å². The highest BCUT2D eigenvalue weighted by Crippen LogP contribution is 2.33. The predicted molar refractivity (Wildman–Crippen MR) is 72.9 cm³/mol. The fraction of sp³-hybridized carbons (Fsp3) is 0. The van der Waals surface area contributed by atoms with Gasteiger partial charge in [0.05, 0.1) is 11.0 Å². The number of nitro groups is 1. The van der Waals surface area contributed by atoms with Crippen LogP contribution in [0, 0.1) is 15.9 Å². The molecule has 0 amide bonds. The van der Waals surface area contributed by atoms with Crippen LogP contribution >= 0.6 is 0 Å². The van der Waals surface area contributed by atoms with Gasteiger partial charge in [-0.1, -0.05) is 6.07 Å². The molecular weight excluding hydrogens is 293 g/mol. The molecule has 0 aliphatic carbocycles. The average molecular weight is 301 g/mol. The van der Waals surface area contributed by atoms with Gasteiger partial charge in [0.25, 0.3) is 0 Å². The number of hydrogen-bond donors (Lipinski definition) is 0. The highest BCUT2D eigenvalue weighted by Gasteiger charge is 2.17. The fourth-order valence-electron chi connectivity index (χ4n) is 1.84. The zero-order valence-electron chi connectivity index (χ0n) is 11.0. The molecule has 22 heavy (non-hydrogen) atoms. The quantitative estimate of drug-likeness (QED) is 0.540. The van der Waals surface area contributed by atoms with Gasteiger partial charge in [-0.05, 0) is 30.3 Å². The molecule has 7 nitrogen and oxygen atoms in total. The number of nitro benzene ring substituents is 1. The van der Waals surface area contributed by atoms with E-state index in [-0.39, 0.29) is 5.75 Å². The maximum atomic E-state index is 13.1. The van der Waals surface area contributed by atoms with Gasteiger partial charge in [-0.2, -0.15) is 0 Å². The van der Waals surface area contributed by atoms with E-state index in [1.54, 1.807) is 24.3 Å². The first kappa shape index (κ1) is 13.7. The Morgan fingerprint density at radius 3 is 2.82 bits per heavy atom. The van der Waals surface area contributed by atoms with Crippen LogP contribution in [0.2, 0.25) is 0 Å². The Labute approximate surface area is 123 Å². The van der Waals surface area contributed by atoms with E-state index in [0.29, 0.717) is 17.2 Å². The highest BCUT2D eigenvalue weighted by atomic mass is 19.1. The van der Waals surface area contributed by atoms with Gasteiger partial charge in [0, 0.05) is 5.56 Å². The molecule has 0 N–H and O–H groups in total. The zero-order chi connectivity index (χ0) is 15.5. The third-order valence-corrected chi connectivity index (χ3v) is 2.79. The molecule has 0 atom stereocenters. The Balaban J connectivity index is 1.94. The molecule has 110 valence electrons. The lowest BCUT2D eigenvalue weighted by Gasteiger charge is -2.07. The molecule has 2 aromatic carbocycles. The molecular formula is C14H8FN3O4. The van der Waals surface area contributed by atoms with Crippen LogP contribution in [0.5, 0.6) is 11.5 Å². The molecule has 0 aliphatic heterocycles. The molecule has 0 unspecified atom stereocenters. The molecule has 0 saturated heterocycles. The van der Waals surface area contributed by atoms with Crippen molar-refractivity contribution in [2.24, 2.45) is 0 Å². The SMILES string of the molecule is O=[N+]([O-])c1cc(F)ccc1Oc1cccc(-c2nnco2)c1. The van der Waals surface area contributed by atoms with E-state index in [1.165, 1.54) is 12.5 Å². The van der Waals surface area contributed by atoms with Crippen LogP contribution < -0.4 is 4.74 Å². The Bertz CT molecular complexity index is 821. The first-order chi connectivity index (χ1) is 10.6. The van der Waals surface area contributed by atoms with Gasteiger partial charge in [0.15, 0.2) is 0 Å². The largest absolute Gasteiger partial charge is 0.450 e. The van der Waals surface area contributed by atoms with Crippen molar-refractivity contribution in [3.05, 3.63) is 64.8 Å². The predicted octanol–water partition coefficient (Wildman–Crippen LogP) is 3.58. The third-order valence-electron chi connectivity index (χ3n) is 2.79. The monoisotopic (exact) mass is 301 g/mol. The molecule has 3 rings (SSSR count). The van der Waals surface area contributed by atoms with E-state index in [0.717, 1.165) is 12.1 Å². The minimum absolute atomic E-state index is 0.0610.